The summed E-state index contributed by atoms with van der Waals surface area (Å²) in [6, 6.07) is 12.3. The van der Waals surface area contributed by atoms with E-state index in [0.717, 1.165) is 22.9 Å². The Bertz CT molecular complexity index is 900. The Kier molecular flexibility index (Phi) is 6.16. The van der Waals surface area contributed by atoms with E-state index in [0.29, 0.717) is 17.5 Å². The molecule has 0 aliphatic heterocycles. The van der Waals surface area contributed by atoms with Crippen molar-refractivity contribution in [2.75, 3.05) is 6.54 Å². The molecule has 2 aromatic heterocycles. The number of nitrogens with zero attached hydrogens (tertiary/aromatic N) is 3. The molecule has 0 saturated carbocycles. The van der Waals surface area contributed by atoms with Crippen LogP contribution in [0, 0.1) is 0 Å². The normalized spacial score (nSPS) is 11.6. The van der Waals surface area contributed by atoms with Crippen LogP contribution in [0.15, 0.2) is 60.0 Å². The molecule has 3 N–H and O–H groups in total. The van der Waals surface area contributed by atoms with Crippen molar-refractivity contribution < 1.29 is 9.59 Å². The van der Waals surface area contributed by atoms with Crippen molar-refractivity contribution in [3.63, 3.8) is 0 Å². The first kappa shape index (κ1) is 18.6. The number of thioether (sulfide) groups is 1. The Morgan fingerprint density at radius 3 is 2.59 bits per heavy atom. The Hall–Kier alpha value is -3.20. The van der Waals surface area contributed by atoms with E-state index in [1.165, 1.54) is 0 Å². The van der Waals surface area contributed by atoms with Crippen molar-refractivity contribution in [1.82, 2.24) is 30.8 Å². The van der Waals surface area contributed by atoms with Gasteiger partial charge in [-0.25, -0.2) is 9.78 Å². The van der Waals surface area contributed by atoms with Gasteiger partial charge >= 0.3 is 6.03 Å². The first-order valence-electron chi connectivity index (χ1n) is 8.30. The second-order valence-corrected chi connectivity index (χ2v) is 6.53. The standard InChI is InChI=1S/C18H18N6O2S/c1-2-20-17(26)22-16(25)14(12-6-4-3-5-7-12)27-18-21-15(23-24-18)13-8-10-19-11-9-13/h3-11,14H,2H2,1H3,(H,21,23,24)(H2,20,22,25,26)/t14-/m1/s1. The van der Waals surface area contributed by atoms with Gasteiger partial charge in [-0.3, -0.25) is 20.2 Å². The minimum absolute atomic E-state index is 0.404. The van der Waals surface area contributed by atoms with E-state index in [4.69, 9.17) is 0 Å². The van der Waals surface area contributed by atoms with Crippen LogP contribution in [-0.2, 0) is 4.79 Å². The quantitative estimate of drug-likeness (QED) is 0.565. The summed E-state index contributed by atoms with van der Waals surface area (Å²) in [5.41, 5.74) is 1.59. The molecule has 3 aromatic rings. The van der Waals surface area contributed by atoms with E-state index in [9.17, 15) is 9.59 Å². The van der Waals surface area contributed by atoms with Gasteiger partial charge < -0.3 is 5.32 Å². The monoisotopic (exact) mass is 382 g/mol. The number of aromatic nitrogens is 4. The summed E-state index contributed by atoms with van der Waals surface area (Å²) in [5.74, 6) is 0.142. The van der Waals surface area contributed by atoms with Crippen LogP contribution >= 0.6 is 11.8 Å². The van der Waals surface area contributed by atoms with E-state index >= 15 is 0 Å². The van der Waals surface area contributed by atoms with Crippen LogP contribution in [0.4, 0.5) is 4.79 Å². The summed E-state index contributed by atoms with van der Waals surface area (Å²) in [6.07, 6.45) is 3.33. The van der Waals surface area contributed by atoms with Crippen LogP contribution in [0.25, 0.3) is 11.4 Å². The molecule has 1 atom stereocenters. The number of benzene rings is 1. The third-order valence-corrected chi connectivity index (χ3v) is 4.67. The zero-order chi connectivity index (χ0) is 19.1. The largest absolute Gasteiger partial charge is 0.338 e. The van der Waals surface area contributed by atoms with Gasteiger partial charge in [-0.1, -0.05) is 42.1 Å². The molecular formula is C18H18N6O2S. The molecule has 2 heterocycles. The molecular weight excluding hydrogens is 364 g/mol. The van der Waals surface area contributed by atoms with Crippen molar-refractivity contribution in [1.29, 1.82) is 0 Å². The molecule has 1 aromatic carbocycles. The molecule has 0 unspecified atom stereocenters. The van der Waals surface area contributed by atoms with Gasteiger partial charge in [-0.2, -0.15) is 0 Å². The van der Waals surface area contributed by atoms with Gasteiger partial charge in [0.15, 0.2) is 5.82 Å². The molecule has 3 amide bonds. The predicted octanol–water partition coefficient (Wildman–Crippen LogP) is 2.55. The van der Waals surface area contributed by atoms with Crippen molar-refractivity contribution in [3.8, 4) is 11.4 Å². The highest BCUT2D eigenvalue weighted by atomic mass is 32.2. The molecule has 0 spiro atoms. The molecule has 0 radical (unpaired) electrons. The van der Waals surface area contributed by atoms with Crippen LogP contribution < -0.4 is 10.6 Å². The third-order valence-electron chi connectivity index (χ3n) is 3.56. The number of carbonyl (C=O) groups is 2. The SMILES string of the molecule is CCNC(=O)NC(=O)[C@H](Sc1n[nH]c(-c2ccncc2)n1)c1ccccc1. The number of pyridine rings is 1. The first-order chi connectivity index (χ1) is 13.2. The molecule has 0 aliphatic carbocycles. The van der Waals surface area contributed by atoms with Gasteiger partial charge in [0.1, 0.15) is 5.25 Å². The van der Waals surface area contributed by atoms with Gasteiger partial charge in [0.2, 0.25) is 11.1 Å². The highest BCUT2D eigenvalue weighted by molar-refractivity contribution is 8.00. The average molecular weight is 382 g/mol. The Morgan fingerprint density at radius 1 is 1.15 bits per heavy atom. The molecule has 27 heavy (non-hydrogen) atoms. The van der Waals surface area contributed by atoms with E-state index in [1.54, 1.807) is 19.3 Å². The zero-order valence-electron chi connectivity index (χ0n) is 14.5. The van der Waals surface area contributed by atoms with Gasteiger partial charge in [-0.15, -0.1) is 5.10 Å². The van der Waals surface area contributed by atoms with Crippen LogP contribution in [-0.4, -0.2) is 38.6 Å². The molecule has 0 saturated heterocycles. The van der Waals surface area contributed by atoms with Crippen molar-refractivity contribution in [3.05, 3.63) is 60.4 Å². The zero-order valence-corrected chi connectivity index (χ0v) is 15.4. The lowest BCUT2D eigenvalue weighted by atomic mass is 10.1. The van der Waals surface area contributed by atoms with E-state index in [-0.39, 0.29) is 0 Å². The van der Waals surface area contributed by atoms with Crippen LogP contribution in [0.2, 0.25) is 0 Å². The topological polar surface area (TPSA) is 113 Å². The van der Waals surface area contributed by atoms with Gasteiger partial charge in [0.05, 0.1) is 0 Å². The minimum Gasteiger partial charge on any atom is -0.338 e. The minimum atomic E-state index is -0.671. The lowest BCUT2D eigenvalue weighted by Crippen LogP contribution is -2.41. The highest BCUT2D eigenvalue weighted by Crippen LogP contribution is 2.34. The van der Waals surface area contributed by atoms with Crippen LogP contribution in [0.5, 0.6) is 0 Å². The van der Waals surface area contributed by atoms with E-state index in [1.807, 2.05) is 42.5 Å². The number of amides is 3. The fourth-order valence-corrected chi connectivity index (χ4v) is 3.24. The smallest absolute Gasteiger partial charge is 0.321 e. The van der Waals surface area contributed by atoms with Crippen molar-refractivity contribution >= 4 is 23.7 Å². The fourth-order valence-electron chi connectivity index (χ4n) is 2.33. The number of H-pyrrole nitrogens is 1. The molecule has 8 nitrogen and oxygen atoms in total. The number of carbonyl (C=O) groups excluding carboxylic acids is 2. The second kappa shape index (κ2) is 8.95. The molecule has 3 rings (SSSR count). The second-order valence-electron chi connectivity index (χ2n) is 5.46. The lowest BCUT2D eigenvalue weighted by molar-refractivity contribution is -0.119. The predicted molar refractivity (Wildman–Crippen MR) is 102 cm³/mol. The summed E-state index contributed by atoms with van der Waals surface area (Å²) in [4.78, 5) is 32.8. The number of hydrogen-bond donors (Lipinski definition) is 3. The summed E-state index contributed by atoms with van der Waals surface area (Å²) < 4.78 is 0. The van der Waals surface area contributed by atoms with Gasteiger partial charge in [-0.05, 0) is 24.6 Å². The summed E-state index contributed by atoms with van der Waals surface area (Å²) in [7, 11) is 0. The average Bonchev–Trinajstić information content (AvgIpc) is 3.16. The fraction of sp³-hybridized carbons (Fsp3) is 0.167. The number of aromatic amines is 1. The van der Waals surface area contributed by atoms with Gasteiger partial charge in [0, 0.05) is 24.5 Å². The van der Waals surface area contributed by atoms with Crippen LogP contribution in [0.1, 0.15) is 17.7 Å². The number of nitrogens with one attached hydrogen (secondary N) is 3. The maximum Gasteiger partial charge on any atom is 0.321 e. The number of urea groups is 1. The van der Waals surface area contributed by atoms with Gasteiger partial charge in [0.25, 0.3) is 0 Å². The summed E-state index contributed by atoms with van der Waals surface area (Å²) in [5, 5.41) is 11.7. The summed E-state index contributed by atoms with van der Waals surface area (Å²) >= 11 is 1.16. The number of rotatable bonds is 6. The Labute approximate surface area is 160 Å². The molecule has 9 heteroatoms. The Balaban J connectivity index is 1.81. The molecule has 0 aliphatic rings. The number of imide groups is 1. The lowest BCUT2D eigenvalue weighted by Gasteiger charge is -2.14. The van der Waals surface area contributed by atoms with Crippen molar-refractivity contribution in [2.45, 2.75) is 17.3 Å². The maximum absolute atomic E-state index is 12.6. The maximum atomic E-state index is 12.6. The van der Waals surface area contributed by atoms with Crippen LogP contribution in [0.3, 0.4) is 0 Å². The Morgan fingerprint density at radius 2 is 1.89 bits per heavy atom. The molecule has 0 fully saturated rings. The highest BCUT2D eigenvalue weighted by Gasteiger charge is 2.25. The number of hydrogen-bond acceptors (Lipinski definition) is 6. The first-order valence-corrected chi connectivity index (χ1v) is 9.18. The molecule has 0 bridgehead atoms. The van der Waals surface area contributed by atoms with Crippen molar-refractivity contribution in [2.24, 2.45) is 0 Å². The summed E-state index contributed by atoms with van der Waals surface area (Å²) in [6.45, 7) is 2.21. The third kappa shape index (κ3) is 4.91. The van der Waals surface area contributed by atoms with E-state index in [2.05, 4.69) is 30.8 Å². The van der Waals surface area contributed by atoms with E-state index < -0.39 is 17.2 Å². The molecule has 138 valence electrons.